The average molecular weight is 428 g/mol. The van der Waals surface area contributed by atoms with Gasteiger partial charge in [0.1, 0.15) is 11.6 Å². The first-order chi connectivity index (χ1) is 14.5. The molecule has 10 heteroatoms. The van der Waals surface area contributed by atoms with Crippen LogP contribution in [0.4, 0.5) is 23.7 Å². The topological polar surface area (TPSA) is 76.5 Å². The maximum atomic E-state index is 13.4. The SMILES string of the molecule is O=C1NC(=Nc2cc(F)c(F)c(F)c2)C(=Cc2cccc(Oc3ncccn3)c2)S1. The molecule has 2 heterocycles. The van der Waals surface area contributed by atoms with Gasteiger partial charge < -0.3 is 10.1 Å². The molecule has 3 aromatic rings. The molecule has 0 aliphatic carbocycles. The fraction of sp³-hybridized carbons (Fsp3) is 0. The summed E-state index contributed by atoms with van der Waals surface area (Å²) in [6.45, 7) is 0. The third-order valence-electron chi connectivity index (χ3n) is 3.77. The number of nitrogens with zero attached hydrogens (tertiary/aromatic N) is 3. The summed E-state index contributed by atoms with van der Waals surface area (Å²) >= 11 is 0.862. The van der Waals surface area contributed by atoms with E-state index in [1.54, 1.807) is 48.8 Å². The fourth-order valence-electron chi connectivity index (χ4n) is 2.51. The molecule has 1 fully saturated rings. The van der Waals surface area contributed by atoms with E-state index in [0.29, 0.717) is 16.2 Å². The van der Waals surface area contributed by atoms with Gasteiger partial charge in [-0.2, -0.15) is 0 Å². The van der Waals surface area contributed by atoms with Gasteiger partial charge in [0.25, 0.3) is 5.24 Å². The monoisotopic (exact) mass is 428 g/mol. The zero-order valence-electron chi connectivity index (χ0n) is 15.0. The van der Waals surface area contributed by atoms with Crippen molar-refractivity contribution in [3.63, 3.8) is 0 Å². The Morgan fingerprint density at radius 3 is 2.50 bits per heavy atom. The number of aromatic nitrogens is 2. The minimum Gasteiger partial charge on any atom is -0.424 e. The zero-order valence-corrected chi connectivity index (χ0v) is 15.8. The normalized spacial score (nSPS) is 16.2. The van der Waals surface area contributed by atoms with E-state index in [1.807, 2.05) is 0 Å². The molecule has 1 aromatic heterocycles. The number of nitrogens with one attached hydrogen (secondary N) is 1. The smallest absolute Gasteiger partial charge is 0.321 e. The highest BCUT2D eigenvalue weighted by molar-refractivity contribution is 8.18. The minimum atomic E-state index is -1.58. The first-order valence-electron chi connectivity index (χ1n) is 8.47. The van der Waals surface area contributed by atoms with Gasteiger partial charge in [-0.3, -0.25) is 4.79 Å². The standard InChI is InChI=1S/C20H11F3N4O2S/c21-14-9-12(10-15(22)17(14)23)26-18-16(30-20(28)27-18)8-11-3-1-4-13(7-11)29-19-24-5-2-6-25-19/h1-10H,(H,26,27,28). The summed E-state index contributed by atoms with van der Waals surface area (Å²) in [5.74, 6) is -3.76. The molecule has 0 unspecified atom stereocenters. The van der Waals surface area contributed by atoms with Crippen molar-refractivity contribution < 1.29 is 22.7 Å². The quantitative estimate of drug-likeness (QED) is 0.577. The van der Waals surface area contributed by atoms with Gasteiger partial charge in [0.15, 0.2) is 17.5 Å². The maximum Gasteiger partial charge on any atom is 0.321 e. The Kier molecular flexibility index (Phi) is 5.48. The number of hydrogen-bond acceptors (Lipinski definition) is 6. The van der Waals surface area contributed by atoms with Crippen molar-refractivity contribution in [1.29, 1.82) is 0 Å². The lowest BCUT2D eigenvalue weighted by Gasteiger charge is -2.05. The van der Waals surface area contributed by atoms with Crippen molar-refractivity contribution in [3.05, 3.63) is 82.8 Å². The van der Waals surface area contributed by atoms with Crippen LogP contribution >= 0.6 is 11.8 Å². The molecule has 1 saturated heterocycles. The second-order valence-electron chi connectivity index (χ2n) is 5.91. The van der Waals surface area contributed by atoms with Gasteiger partial charge in [0, 0.05) is 24.5 Å². The molecule has 1 aliphatic rings. The van der Waals surface area contributed by atoms with Crippen molar-refractivity contribution in [2.45, 2.75) is 0 Å². The number of rotatable bonds is 4. The van der Waals surface area contributed by atoms with E-state index < -0.39 is 22.7 Å². The molecule has 1 aliphatic heterocycles. The summed E-state index contributed by atoms with van der Waals surface area (Å²) in [4.78, 5) is 24.2. The molecule has 4 rings (SSSR count). The number of aliphatic imine (C=N–C) groups is 1. The lowest BCUT2D eigenvalue weighted by Crippen LogP contribution is -2.18. The van der Waals surface area contributed by atoms with E-state index in [4.69, 9.17) is 4.74 Å². The third kappa shape index (κ3) is 4.49. The lowest BCUT2D eigenvalue weighted by atomic mass is 10.2. The van der Waals surface area contributed by atoms with Gasteiger partial charge in [0.05, 0.1) is 10.6 Å². The van der Waals surface area contributed by atoms with Crippen LogP contribution in [-0.4, -0.2) is 21.0 Å². The highest BCUT2D eigenvalue weighted by atomic mass is 32.2. The van der Waals surface area contributed by atoms with Crippen LogP contribution in [0.5, 0.6) is 11.8 Å². The predicted molar refractivity (Wildman–Crippen MR) is 106 cm³/mol. The fourth-order valence-corrected chi connectivity index (χ4v) is 3.25. The Balaban J connectivity index is 1.63. The van der Waals surface area contributed by atoms with Gasteiger partial charge in [-0.25, -0.2) is 28.1 Å². The molecule has 0 radical (unpaired) electrons. The summed E-state index contributed by atoms with van der Waals surface area (Å²) in [5.41, 5.74) is 0.500. The molecule has 1 amide bonds. The van der Waals surface area contributed by atoms with Gasteiger partial charge in [-0.1, -0.05) is 12.1 Å². The molecule has 6 nitrogen and oxygen atoms in total. The van der Waals surface area contributed by atoms with Gasteiger partial charge in [-0.05, 0) is 41.6 Å². The molecule has 30 heavy (non-hydrogen) atoms. The molecule has 0 saturated carbocycles. The van der Waals surface area contributed by atoms with Gasteiger partial charge in [0.2, 0.25) is 0 Å². The predicted octanol–water partition coefficient (Wildman–Crippen LogP) is 5.21. The summed E-state index contributed by atoms with van der Waals surface area (Å²) in [6, 6.07) is 10.2. The van der Waals surface area contributed by atoms with Crippen molar-refractivity contribution >= 4 is 34.6 Å². The molecule has 1 N–H and O–H groups in total. The van der Waals surface area contributed by atoms with Crippen LogP contribution < -0.4 is 10.1 Å². The Bertz CT molecular complexity index is 1160. The summed E-state index contributed by atoms with van der Waals surface area (Å²) in [5, 5.41) is 2.09. The number of hydrogen-bond donors (Lipinski definition) is 1. The van der Waals surface area contributed by atoms with Crippen LogP contribution in [0, 0.1) is 17.5 Å². The summed E-state index contributed by atoms with van der Waals surface area (Å²) < 4.78 is 45.6. The largest absolute Gasteiger partial charge is 0.424 e. The molecular weight excluding hydrogens is 417 g/mol. The number of benzene rings is 2. The maximum absolute atomic E-state index is 13.4. The first-order valence-corrected chi connectivity index (χ1v) is 9.28. The summed E-state index contributed by atoms with van der Waals surface area (Å²) in [7, 11) is 0. The van der Waals surface area contributed by atoms with E-state index in [9.17, 15) is 18.0 Å². The van der Waals surface area contributed by atoms with Crippen molar-refractivity contribution in [1.82, 2.24) is 15.3 Å². The molecular formula is C20H11F3N4O2S. The van der Waals surface area contributed by atoms with E-state index in [1.165, 1.54) is 0 Å². The summed E-state index contributed by atoms with van der Waals surface area (Å²) in [6.07, 6.45) is 4.74. The van der Waals surface area contributed by atoms with E-state index in [2.05, 4.69) is 20.3 Å². The van der Waals surface area contributed by atoms with Crippen molar-refractivity contribution in [2.75, 3.05) is 0 Å². The van der Waals surface area contributed by atoms with Crippen LogP contribution in [0.3, 0.4) is 0 Å². The Labute approximate surface area is 172 Å². The Morgan fingerprint density at radius 2 is 1.77 bits per heavy atom. The van der Waals surface area contributed by atoms with E-state index in [-0.39, 0.29) is 17.5 Å². The second-order valence-corrected chi connectivity index (χ2v) is 6.93. The molecule has 0 atom stereocenters. The van der Waals surface area contributed by atoms with Crippen molar-refractivity contribution in [2.24, 2.45) is 4.99 Å². The highest BCUT2D eigenvalue weighted by Gasteiger charge is 2.24. The third-order valence-corrected chi connectivity index (χ3v) is 4.59. The van der Waals surface area contributed by atoms with Gasteiger partial charge >= 0.3 is 6.01 Å². The molecule has 0 spiro atoms. The van der Waals surface area contributed by atoms with Crippen LogP contribution in [0.2, 0.25) is 0 Å². The van der Waals surface area contributed by atoms with Crippen molar-refractivity contribution in [3.8, 4) is 11.8 Å². The Hall–Kier alpha value is -3.66. The number of thioether (sulfide) groups is 1. The number of halogens is 3. The number of carbonyl (C=O) groups is 1. The second kappa shape index (κ2) is 8.37. The van der Waals surface area contributed by atoms with Crippen LogP contribution in [0.25, 0.3) is 6.08 Å². The number of carbonyl (C=O) groups excluding carboxylic acids is 1. The first kappa shape index (κ1) is 19.6. The number of ether oxygens (including phenoxy) is 1. The molecule has 150 valence electrons. The van der Waals surface area contributed by atoms with Crippen LogP contribution in [-0.2, 0) is 0 Å². The lowest BCUT2D eigenvalue weighted by molar-refractivity contribution is 0.265. The highest BCUT2D eigenvalue weighted by Crippen LogP contribution is 2.30. The van der Waals surface area contributed by atoms with Gasteiger partial charge in [-0.15, -0.1) is 0 Å². The number of amides is 1. The minimum absolute atomic E-state index is 0.0909. The van der Waals surface area contributed by atoms with E-state index in [0.717, 1.165) is 23.9 Å². The van der Waals surface area contributed by atoms with Crippen LogP contribution in [0.1, 0.15) is 5.56 Å². The van der Waals surface area contributed by atoms with E-state index >= 15 is 0 Å². The molecule has 0 bridgehead atoms. The van der Waals surface area contributed by atoms with Crippen LogP contribution in [0.15, 0.2) is 64.8 Å². The Morgan fingerprint density at radius 1 is 1.03 bits per heavy atom. The average Bonchev–Trinajstić information content (AvgIpc) is 3.05. The molecule has 2 aromatic carbocycles. The number of amidine groups is 1. The zero-order chi connectivity index (χ0) is 21.1.